The lowest BCUT2D eigenvalue weighted by Crippen LogP contribution is -2.09. The molecule has 0 radical (unpaired) electrons. The Morgan fingerprint density at radius 3 is 2.61 bits per heavy atom. The minimum Gasteiger partial charge on any atom is -0.463 e. The summed E-state index contributed by atoms with van der Waals surface area (Å²) in [6, 6.07) is 16.0. The number of hydrogen-bond donors (Lipinski definition) is 2. The highest BCUT2D eigenvalue weighted by atomic mass is 35.5. The van der Waals surface area contributed by atoms with Gasteiger partial charge in [0.05, 0.1) is 10.7 Å². The number of rotatable bonds is 5. The number of anilines is 2. The van der Waals surface area contributed by atoms with Gasteiger partial charge in [0, 0.05) is 41.0 Å². The predicted molar refractivity (Wildman–Crippen MR) is 131 cm³/mol. The van der Waals surface area contributed by atoms with Gasteiger partial charge in [-0.1, -0.05) is 29.8 Å². The number of nitrogens with one attached hydrogen (secondary N) is 1. The lowest BCUT2D eigenvalue weighted by Gasteiger charge is -2.17. The van der Waals surface area contributed by atoms with Gasteiger partial charge in [-0.3, -0.25) is 0 Å². The standard InChI is InChI=1S/C25H21ClN6O/c1-14(16-4-3-5-17(8-16)19-11-28-25(27)29-12-19)30-24-10-22(31-15(2)32-24)18-6-7-23-20(9-18)21(26)13-33-23/h3-14H,1-2H3,(H2,27,28,29)(H,30,31,32)/t14-/m0/s1. The molecule has 0 unspecified atom stereocenters. The van der Waals surface area contributed by atoms with Crippen molar-refractivity contribution in [2.24, 2.45) is 0 Å². The van der Waals surface area contributed by atoms with E-state index in [0.29, 0.717) is 10.8 Å². The van der Waals surface area contributed by atoms with Crippen LogP contribution in [0.4, 0.5) is 11.8 Å². The Kier molecular flexibility index (Phi) is 5.40. The molecule has 0 saturated heterocycles. The van der Waals surface area contributed by atoms with Crippen LogP contribution in [-0.4, -0.2) is 19.9 Å². The van der Waals surface area contributed by atoms with Gasteiger partial charge in [-0.25, -0.2) is 19.9 Å². The smallest absolute Gasteiger partial charge is 0.219 e. The van der Waals surface area contributed by atoms with Gasteiger partial charge >= 0.3 is 0 Å². The van der Waals surface area contributed by atoms with Crippen LogP contribution in [0.1, 0.15) is 24.4 Å². The van der Waals surface area contributed by atoms with E-state index in [1.807, 2.05) is 43.3 Å². The van der Waals surface area contributed by atoms with E-state index in [4.69, 9.17) is 21.8 Å². The largest absolute Gasteiger partial charge is 0.463 e. The number of aromatic nitrogens is 4. The molecule has 3 N–H and O–H groups in total. The van der Waals surface area contributed by atoms with Crippen molar-refractivity contribution in [3.63, 3.8) is 0 Å². The normalized spacial score (nSPS) is 12.1. The molecule has 0 aliphatic rings. The van der Waals surface area contributed by atoms with Crippen LogP contribution in [0.5, 0.6) is 0 Å². The van der Waals surface area contributed by atoms with E-state index in [1.165, 1.54) is 0 Å². The molecular formula is C25H21ClN6O. The first-order valence-electron chi connectivity index (χ1n) is 10.4. The summed E-state index contributed by atoms with van der Waals surface area (Å²) in [5.74, 6) is 1.67. The van der Waals surface area contributed by atoms with Crippen LogP contribution in [0, 0.1) is 6.92 Å². The SMILES string of the molecule is Cc1nc(N[C@@H](C)c2cccc(-c3cnc(N)nc3)c2)cc(-c2ccc3occ(Cl)c3c2)n1. The van der Waals surface area contributed by atoms with E-state index in [1.54, 1.807) is 18.7 Å². The molecule has 3 aromatic heterocycles. The van der Waals surface area contributed by atoms with E-state index in [2.05, 4.69) is 44.3 Å². The molecule has 3 heterocycles. The summed E-state index contributed by atoms with van der Waals surface area (Å²) in [5, 5.41) is 4.93. The van der Waals surface area contributed by atoms with Gasteiger partial charge < -0.3 is 15.5 Å². The van der Waals surface area contributed by atoms with Crippen LogP contribution in [0.3, 0.4) is 0 Å². The third-order valence-electron chi connectivity index (χ3n) is 5.42. The van der Waals surface area contributed by atoms with Gasteiger partial charge in [0.1, 0.15) is 23.5 Å². The molecular weight excluding hydrogens is 436 g/mol. The molecule has 164 valence electrons. The summed E-state index contributed by atoms with van der Waals surface area (Å²) < 4.78 is 5.44. The topological polar surface area (TPSA) is 103 Å². The molecule has 2 aromatic carbocycles. The molecule has 8 heteroatoms. The number of fused-ring (bicyclic) bond motifs is 1. The highest BCUT2D eigenvalue weighted by molar-refractivity contribution is 6.35. The van der Waals surface area contributed by atoms with Gasteiger partial charge in [0.15, 0.2) is 0 Å². The van der Waals surface area contributed by atoms with Gasteiger partial charge in [0.25, 0.3) is 0 Å². The van der Waals surface area contributed by atoms with Crippen molar-refractivity contribution in [1.82, 2.24) is 19.9 Å². The fourth-order valence-corrected chi connectivity index (χ4v) is 3.92. The Balaban J connectivity index is 1.42. The molecule has 1 atom stereocenters. The highest BCUT2D eigenvalue weighted by Gasteiger charge is 2.12. The molecule has 0 aliphatic carbocycles. The first kappa shape index (κ1) is 20.9. The predicted octanol–water partition coefficient (Wildman–Crippen LogP) is 6.06. The maximum Gasteiger partial charge on any atom is 0.219 e. The maximum absolute atomic E-state index is 6.24. The number of benzene rings is 2. The fraction of sp³-hybridized carbons (Fsp3) is 0.120. The minimum atomic E-state index is 0.00704. The molecule has 0 saturated carbocycles. The van der Waals surface area contributed by atoms with Gasteiger partial charge in [-0.15, -0.1) is 0 Å². The Morgan fingerprint density at radius 1 is 0.970 bits per heavy atom. The van der Waals surface area contributed by atoms with Gasteiger partial charge in [0.2, 0.25) is 5.95 Å². The first-order chi connectivity index (χ1) is 16.0. The molecule has 5 aromatic rings. The van der Waals surface area contributed by atoms with Crippen molar-refractivity contribution in [3.05, 3.63) is 83.6 Å². The third-order valence-corrected chi connectivity index (χ3v) is 5.71. The van der Waals surface area contributed by atoms with Crippen molar-refractivity contribution in [3.8, 4) is 22.4 Å². The summed E-state index contributed by atoms with van der Waals surface area (Å²) >= 11 is 6.24. The lowest BCUT2D eigenvalue weighted by molar-refractivity contribution is 0.616. The van der Waals surface area contributed by atoms with Crippen molar-refractivity contribution < 1.29 is 4.42 Å². The van der Waals surface area contributed by atoms with E-state index < -0.39 is 0 Å². The second-order valence-corrected chi connectivity index (χ2v) is 8.21. The molecule has 0 fully saturated rings. The average Bonchev–Trinajstić information content (AvgIpc) is 3.19. The van der Waals surface area contributed by atoms with E-state index in [0.717, 1.165) is 44.7 Å². The summed E-state index contributed by atoms with van der Waals surface area (Å²) in [4.78, 5) is 17.4. The molecule has 0 amide bonds. The molecule has 5 rings (SSSR count). The number of hydrogen-bond acceptors (Lipinski definition) is 7. The first-order valence-corrected chi connectivity index (χ1v) is 10.8. The number of furan rings is 1. The molecule has 0 bridgehead atoms. The summed E-state index contributed by atoms with van der Waals surface area (Å²) in [7, 11) is 0. The number of halogens is 1. The summed E-state index contributed by atoms with van der Waals surface area (Å²) in [6.45, 7) is 3.97. The van der Waals surface area contributed by atoms with Gasteiger partial charge in [-0.05, 0) is 49.2 Å². The van der Waals surface area contributed by atoms with Crippen LogP contribution in [0.25, 0.3) is 33.4 Å². The molecule has 0 aliphatic heterocycles. The Hall–Kier alpha value is -3.97. The van der Waals surface area contributed by atoms with Crippen LogP contribution in [-0.2, 0) is 0 Å². The zero-order valence-electron chi connectivity index (χ0n) is 18.1. The zero-order valence-corrected chi connectivity index (χ0v) is 18.8. The third kappa shape index (κ3) is 4.36. The summed E-state index contributed by atoms with van der Waals surface area (Å²) in [6.07, 6.45) is 4.99. The van der Waals surface area contributed by atoms with E-state index in [-0.39, 0.29) is 12.0 Å². The van der Waals surface area contributed by atoms with Crippen LogP contribution < -0.4 is 11.1 Å². The van der Waals surface area contributed by atoms with Crippen molar-refractivity contribution in [2.75, 3.05) is 11.1 Å². The molecule has 33 heavy (non-hydrogen) atoms. The van der Waals surface area contributed by atoms with Crippen molar-refractivity contribution >= 4 is 34.3 Å². The second kappa shape index (κ2) is 8.52. The lowest BCUT2D eigenvalue weighted by atomic mass is 10.0. The number of aryl methyl sites for hydroxylation is 1. The minimum absolute atomic E-state index is 0.00704. The van der Waals surface area contributed by atoms with E-state index in [9.17, 15) is 0 Å². The Labute approximate surface area is 195 Å². The van der Waals surface area contributed by atoms with Crippen LogP contribution >= 0.6 is 11.6 Å². The number of nitrogen functional groups attached to an aromatic ring is 1. The van der Waals surface area contributed by atoms with Crippen LogP contribution in [0.2, 0.25) is 5.02 Å². The van der Waals surface area contributed by atoms with Crippen LogP contribution in [0.15, 0.2) is 71.6 Å². The quantitative estimate of drug-likeness (QED) is 0.331. The molecule has 0 spiro atoms. The summed E-state index contributed by atoms with van der Waals surface area (Å²) in [5.41, 5.74) is 11.1. The monoisotopic (exact) mass is 456 g/mol. The zero-order chi connectivity index (χ0) is 22.9. The maximum atomic E-state index is 6.24. The van der Waals surface area contributed by atoms with Crippen molar-refractivity contribution in [2.45, 2.75) is 19.9 Å². The molecule has 7 nitrogen and oxygen atoms in total. The van der Waals surface area contributed by atoms with Gasteiger partial charge in [-0.2, -0.15) is 0 Å². The number of nitrogens with zero attached hydrogens (tertiary/aromatic N) is 4. The Morgan fingerprint density at radius 2 is 1.79 bits per heavy atom. The highest BCUT2D eigenvalue weighted by Crippen LogP contribution is 2.31. The number of nitrogens with two attached hydrogens (primary N) is 1. The second-order valence-electron chi connectivity index (χ2n) is 7.80. The average molecular weight is 457 g/mol. The fourth-order valence-electron chi connectivity index (χ4n) is 3.73. The van der Waals surface area contributed by atoms with Crippen molar-refractivity contribution in [1.29, 1.82) is 0 Å². The Bertz CT molecular complexity index is 1450. The van der Waals surface area contributed by atoms with E-state index >= 15 is 0 Å².